The third-order valence-electron chi connectivity index (χ3n) is 3.77. The van der Waals surface area contributed by atoms with Gasteiger partial charge in [0.05, 0.1) is 16.3 Å². The lowest BCUT2D eigenvalue weighted by atomic mass is 10.1. The zero-order valence-electron chi connectivity index (χ0n) is 13.6. The van der Waals surface area contributed by atoms with Crippen LogP contribution in [0.3, 0.4) is 0 Å². The number of ether oxygens (including phenoxy) is 2. The van der Waals surface area contributed by atoms with Crippen LogP contribution in [0.1, 0.15) is 43.5 Å². The van der Waals surface area contributed by atoms with E-state index >= 15 is 0 Å². The summed E-state index contributed by atoms with van der Waals surface area (Å²) < 4.78 is 10.5. The second-order valence-corrected chi connectivity index (χ2v) is 6.00. The van der Waals surface area contributed by atoms with Crippen LogP contribution in [0.4, 0.5) is 5.69 Å². The number of benzene rings is 1. The second kappa shape index (κ2) is 8.20. The van der Waals surface area contributed by atoms with Crippen LogP contribution in [-0.2, 0) is 9.53 Å². The quantitative estimate of drug-likeness (QED) is 0.451. The van der Waals surface area contributed by atoms with Crippen LogP contribution < -0.4 is 9.64 Å². The first-order valence-corrected chi connectivity index (χ1v) is 8.22. The van der Waals surface area contributed by atoms with Gasteiger partial charge in [-0.1, -0.05) is 11.6 Å². The van der Waals surface area contributed by atoms with Gasteiger partial charge in [-0.25, -0.2) is 0 Å². The Morgan fingerprint density at radius 3 is 2.43 bits per heavy atom. The molecule has 0 spiro atoms. The molecule has 0 unspecified atom stereocenters. The molecule has 1 aromatic rings. The largest absolute Gasteiger partial charge is 0.489 e. The highest BCUT2D eigenvalue weighted by Gasteiger charge is 2.19. The Morgan fingerprint density at radius 2 is 1.83 bits per heavy atom. The molecule has 1 aromatic carbocycles. The Hall–Kier alpha value is -1.75. The Labute approximate surface area is 141 Å². The first-order chi connectivity index (χ1) is 11.0. The fourth-order valence-corrected chi connectivity index (χ4v) is 2.93. The molecule has 126 valence electrons. The number of esters is 1. The zero-order chi connectivity index (χ0) is 16.8. The third-order valence-corrected chi connectivity index (χ3v) is 4.07. The SMILES string of the molecule is CC(=O)OCCOc1cc(N2CCCCC2)c(Cl)cc1C(C)=O. The van der Waals surface area contributed by atoms with E-state index in [9.17, 15) is 9.59 Å². The highest BCUT2D eigenvalue weighted by atomic mass is 35.5. The molecule has 0 aliphatic carbocycles. The van der Waals surface area contributed by atoms with E-state index in [2.05, 4.69) is 4.90 Å². The smallest absolute Gasteiger partial charge is 0.302 e. The van der Waals surface area contributed by atoms with Gasteiger partial charge in [0.1, 0.15) is 19.0 Å². The molecule has 1 saturated heterocycles. The molecular weight excluding hydrogens is 318 g/mol. The molecule has 0 saturated carbocycles. The van der Waals surface area contributed by atoms with E-state index in [-0.39, 0.29) is 25.0 Å². The summed E-state index contributed by atoms with van der Waals surface area (Å²) in [7, 11) is 0. The lowest BCUT2D eigenvalue weighted by molar-refractivity contribution is -0.141. The van der Waals surface area contributed by atoms with Crippen LogP contribution in [-0.4, -0.2) is 38.1 Å². The maximum atomic E-state index is 11.8. The van der Waals surface area contributed by atoms with Crippen LogP contribution in [0.5, 0.6) is 5.75 Å². The first kappa shape index (κ1) is 17.6. The van der Waals surface area contributed by atoms with E-state index in [4.69, 9.17) is 21.1 Å². The number of ketones is 1. The van der Waals surface area contributed by atoms with Crippen LogP contribution in [0, 0.1) is 0 Å². The summed E-state index contributed by atoms with van der Waals surface area (Å²) in [6.07, 6.45) is 3.49. The number of anilines is 1. The number of piperidine rings is 1. The van der Waals surface area contributed by atoms with Crippen LogP contribution in [0.25, 0.3) is 0 Å². The topological polar surface area (TPSA) is 55.8 Å². The number of nitrogens with zero attached hydrogens (tertiary/aromatic N) is 1. The summed E-state index contributed by atoms with van der Waals surface area (Å²) >= 11 is 6.36. The number of rotatable bonds is 6. The van der Waals surface area contributed by atoms with Gasteiger partial charge in [-0.15, -0.1) is 0 Å². The molecule has 6 heteroatoms. The Kier molecular flexibility index (Phi) is 6.28. The van der Waals surface area contributed by atoms with Crippen LogP contribution >= 0.6 is 11.6 Å². The third kappa shape index (κ3) is 4.86. The van der Waals surface area contributed by atoms with Gasteiger partial charge in [0.2, 0.25) is 0 Å². The van der Waals surface area contributed by atoms with Crippen molar-refractivity contribution in [2.24, 2.45) is 0 Å². The van der Waals surface area contributed by atoms with Crippen molar-refractivity contribution in [3.63, 3.8) is 0 Å². The molecule has 1 aliphatic rings. The molecule has 2 rings (SSSR count). The average molecular weight is 340 g/mol. The molecule has 5 nitrogen and oxygen atoms in total. The molecule has 0 aromatic heterocycles. The molecule has 0 bridgehead atoms. The van der Waals surface area contributed by atoms with Crippen molar-refractivity contribution >= 4 is 29.0 Å². The van der Waals surface area contributed by atoms with Crippen molar-refractivity contribution in [1.29, 1.82) is 0 Å². The highest BCUT2D eigenvalue weighted by molar-refractivity contribution is 6.33. The number of halogens is 1. The van der Waals surface area contributed by atoms with Gasteiger partial charge in [-0.05, 0) is 32.3 Å². The average Bonchev–Trinajstić information content (AvgIpc) is 2.52. The van der Waals surface area contributed by atoms with Gasteiger partial charge >= 0.3 is 5.97 Å². The molecule has 0 radical (unpaired) electrons. The lowest BCUT2D eigenvalue weighted by Crippen LogP contribution is -2.29. The predicted molar refractivity (Wildman–Crippen MR) is 89.6 cm³/mol. The molecular formula is C17H22ClNO4. The van der Waals surface area contributed by atoms with Crippen molar-refractivity contribution in [3.05, 3.63) is 22.7 Å². The van der Waals surface area contributed by atoms with Gasteiger partial charge in [-0.2, -0.15) is 0 Å². The van der Waals surface area contributed by atoms with Crippen molar-refractivity contribution in [2.75, 3.05) is 31.2 Å². The Balaban J connectivity index is 2.18. The minimum absolute atomic E-state index is 0.111. The van der Waals surface area contributed by atoms with E-state index in [1.807, 2.05) is 6.07 Å². The highest BCUT2D eigenvalue weighted by Crippen LogP contribution is 2.35. The second-order valence-electron chi connectivity index (χ2n) is 5.59. The monoisotopic (exact) mass is 339 g/mol. The van der Waals surface area contributed by atoms with E-state index in [0.717, 1.165) is 31.6 Å². The Bertz CT molecular complexity index is 582. The molecule has 0 amide bonds. The fraction of sp³-hybridized carbons (Fsp3) is 0.529. The normalized spacial score (nSPS) is 14.5. The van der Waals surface area contributed by atoms with Crippen LogP contribution in [0.2, 0.25) is 5.02 Å². The van der Waals surface area contributed by atoms with Gasteiger partial charge < -0.3 is 14.4 Å². The molecule has 1 heterocycles. The summed E-state index contributed by atoms with van der Waals surface area (Å²) in [5, 5.41) is 0.560. The minimum atomic E-state index is -0.356. The summed E-state index contributed by atoms with van der Waals surface area (Å²) in [5.74, 6) is 0.0136. The van der Waals surface area contributed by atoms with Crippen molar-refractivity contribution in [3.8, 4) is 5.75 Å². The standard InChI is InChI=1S/C17H22ClNO4/c1-12(20)14-10-15(18)16(19-6-4-3-5-7-19)11-17(14)23-9-8-22-13(2)21/h10-11H,3-9H2,1-2H3. The van der Waals surface area contributed by atoms with Crippen molar-refractivity contribution < 1.29 is 19.1 Å². The van der Waals surface area contributed by atoms with Gasteiger partial charge in [0.25, 0.3) is 0 Å². The maximum Gasteiger partial charge on any atom is 0.302 e. The number of hydrogen-bond acceptors (Lipinski definition) is 5. The number of Topliss-reactive ketones (excluding diaryl/α,β-unsaturated/α-hetero) is 1. The summed E-state index contributed by atoms with van der Waals surface area (Å²) in [4.78, 5) is 24.8. The van der Waals surface area contributed by atoms with Gasteiger partial charge in [0, 0.05) is 26.1 Å². The molecule has 0 atom stereocenters. The van der Waals surface area contributed by atoms with Gasteiger partial charge in [0.15, 0.2) is 5.78 Å². The number of hydrogen-bond donors (Lipinski definition) is 0. The number of carbonyl (C=O) groups is 2. The summed E-state index contributed by atoms with van der Waals surface area (Å²) in [6.45, 7) is 5.07. The molecule has 23 heavy (non-hydrogen) atoms. The predicted octanol–water partition coefficient (Wildman–Crippen LogP) is 3.47. The first-order valence-electron chi connectivity index (χ1n) is 7.84. The minimum Gasteiger partial charge on any atom is -0.489 e. The van der Waals surface area contributed by atoms with E-state index in [1.54, 1.807) is 6.07 Å². The maximum absolute atomic E-state index is 11.8. The van der Waals surface area contributed by atoms with E-state index in [1.165, 1.54) is 20.3 Å². The summed E-state index contributed by atoms with van der Waals surface area (Å²) in [6, 6.07) is 3.48. The van der Waals surface area contributed by atoms with Gasteiger partial charge in [-0.3, -0.25) is 9.59 Å². The summed E-state index contributed by atoms with van der Waals surface area (Å²) in [5.41, 5.74) is 1.33. The fourth-order valence-electron chi connectivity index (χ4n) is 2.65. The van der Waals surface area contributed by atoms with Crippen LogP contribution in [0.15, 0.2) is 12.1 Å². The van der Waals surface area contributed by atoms with Crippen molar-refractivity contribution in [2.45, 2.75) is 33.1 Å². The van der Waals surface area contributed by atoms with E-state index < -0.39 is 0 Å². The molecule has 0 N–H and O–H groups in total. The van der Waals surface area contributed by atoms with Crippen molar-refractivity contribution in [1.82, 2.24) is 0 Å². The molecule has 1 fully saturated rings. The van der Waals surface area contributed by atoms with E-state index in [0.29, 0.717) is 16.3 Å². The zero-order valence-corrected chi connectivity index (χ0v) is 14.3. The lowest BCUT2D eigenvalue weighted by Gasteiger charge is -2.30. The number of carbonyl (C=O) groups excluding carboxylic acids is 2. The molecule has 1 aliphatic heterocycles. The Morgan fingerprint density at radius 1 is 1.13 bits per heavy atom.